The van der Waals surface area contributed by atoms with E-state index in [0.29, 0.717) is 42.3 Å². The second-order valence-corrected chi connectivity index (χ2v) is 6.86. The molecule has 4 rings (SSSR count). The summed E-state index contributed by atoms with van der Waals surface area (Å²) in [6.45, 7) is 3.04. The number of carbonyl (C=O) groups excluding carboxylic acids is 1. The number of aryl methyl sites for hydroxylation is 1. The summed E-state index contributed by atoms with van der Waals surface area (Å²) in [5.41, 5.74) is 1.33. The monoisotopic (exact) mass is 376 g/mol. The number of hydrogen-bond acceptors (Lipinski definition) is 6. The summed E-state index contributed by atoms with van der Waals surface area (Å²) in [6, 6.07) is 10.4. The third-order valence-corrected chi connectivity index (χ3v) is 4.88. The van der Waals surface area contributed by atoms with Crippen LogP contribution in [0.2, 0.25) is 0 Å². The molecule has 0 radical (unpaired) electrons. The molecular weight excluding hydrogens is 356 g/mol. The van der Waals surface area contributed by atoms with E-state index in [9.17, 15) is 9.59 Å². The summed E-state index contributed by atoms with van der Waals surface area (Å²) < 4.78 is 0. The van der Waals surface area contributed by atoms with Crippen molar-refractivity contribution in [3.63, 3.8) is 0 Å². The summed E-state index contributed by atoms with van der Waals surface area (Å²) in [5, 5.41) is 6.33. The lowest BCUT2D eigenvalue weighted by molar-refractivity contribution is 0.0900. The van der Waals surface area contributed by atoms with Crippen LogP contribution >= 0.6 is 0 Å². The molecule has 0 bridgehead atoms. The Hall–Kier alpha value is -3.39. The largest absolute Gasteiger partial charge is 0.338 e. The minimum Gasteiger partial charge on any atom is -0.338 e. The standard InChI is InChI=1S/C20H20N6O2/c1-13-10-22-12-23-17(13)15-9-16(27)25-19(24-15)20(7-8-21-11-20)26-18(28)14-5-3-2-4-6-14/h2-6,9-10,12,21H,7-8,11H2,1H3,(H,26,28)(H,24,25,27)/t20-/m0/s1. The molecule has 0 unspecified atom stereocenters. The lowest BCUT2D eigenvalue weighted by atomic mass is 9.96. The van der Waals surface area contributed by atoms with Crippen molar-refractivity contribution in [2.24, 2.45) is 0 Å². The van der Waals surface area contributed by atoms with Crippen LogP contribution in [0.15, 0.2) is 53.7 Å². The quantitative estimate of drug-likeness (QED) is 0.630. The van der Waals surface area contributed by atoms with Crippen LogP contribution in [-0.2, 0) is 5.54 Å². The van der Waals surface area contributed by atoms with Gasteiger partial charge in [0.05, 0.1) is 11.4 Å². The number of benzene rings is 1. The van der Waals surface area contributed by atoms with Crippen LogP contribution in [0.5, 0.6) is 0 Å². The summed E-state index contributed by atoms with van der Waals surface area (Å²) in [6.07, 6.45) is 3.71. The fraction of sp³-hybridized carbons (Fsp3) is 0.250. The van der Waals surface area contributed by atoms with E-state index in [-0.39, 0.29) is 11.5 Å². The van der Waals surface area contributed by atoms with Crippen LogP contribution in [0, 0.1) is 6.92 Å². The first kappa shape index (κ1) is 18.0. The van der Waals surface area contributed by atoms with Crippen molar-refractivity contribution in [1.82, 2.24) is 30.6 Å². The van der Waals surface area contributed by atoms with Gasteiger partial charge in [-0.2, -0.15) is 0 Å². The molecule has 142 valence electrons. The highest BCUT2D eigenvalue weighted by molar-refractivity contribution is 5.94. The van der Waals surface area contributed by atoms with Crippen LogP contribution < -0.4 is 16.2 Å². The molecule has 0 spiro atoms. The van der Waals surface area contributed by atoms with Crippen LogP contribution in [0.25, 0.3) is 11.4 Å². The first-order valence-corrected chi connectivity index (χ1v) is 9.04. The SMILES string of the molecule is Cc1cncnc1-c1cc(=O)[nH]c([C@]2(NC(=O)c3ccccc3)CCNC2)n1. The minimum absolute atomic E-state index is 0.212. The smallest absolute Gasteiger partial charge is 0.252 e. The maximum absolute atomic E-state index is 12.8. The molecule has 3 heterocycles. The maximum Gasteiger partial charge on any atom is 0.252 e. The number of nitrogens with zero attached hydrogens (tertiary/aromatic N) is 3. The zero-order valence-corrected chi connectivity index (χ0v) is 15.4. The van der Waals surface area contributed by atoms with Gasteiger partial charge in [0, 0.05) is 24.4 Å². The molecule has 3 N–H and O–H groups in total. The van der Waals surface area contributed by atoms with E-state index in [1.807, 2.05) is 25.1 Å². The van der Waals surface area contributed by atoms with Gasteiger partial charge < -0.3 is 15.6 Å². The van der Waals surface area contributed by atoms with Gasteiger partial charge in [0.2, 0.25) is 0 Å². The third-order valence-electron chi connectivity index (χ3n) is 4.88. The zero-order valence-electron chi connectivity index (χ0n) is 15.4. The average Bonchev–Trinajstić information content (AvgIpc) is 3.18. The van der Waals surface area contributed by atoms with Gasteiger partial charge in [0.25, 0.3) is 11.5 Å². The number of carbonyl (C=O) groups is 1. The molecule has 1 amide bonds. The molecule has 1 aliphatic heterocycles. The van der Waals surface area contributed by atoms with Crippen molar-refractivity contribution < 1.29 is 4.79 Å². The molecule has 2 aromatic heterocycles. The molecule has 1 fully saturated rings. The number of rotatable bonds is 4. The molecule has 1 aliphatic rings. The normalized spacial score (nSPS) is 18.8. The van der Waals surface area contributed by atoms with Crippen LogP contribution in [0.1, 0.15) is 28.2 Å². The first-order valence-electron chi connectivity index (χ1n) is 9.04. The van der Waals surface area contributed by atoms with E-state index >= 15 is 0 Å². The van der Waals surface area contributed by atoms with Gasteiger partial charge in [0.1, 0.15) is 17.7 Å². The number of H-pyrrole nitrogens is 1. The van der Waals surface area contributed by atoms with E-state index in [0.717, 1.165) is 5.56 Å². The third kappa shape index (κ3) is 3.41. The highest BCUT2D eigenvalue weighted by Gasteiger charge is 2.40. The molecule has 0 aliphatic carbocycles. The molecule has 1 saturated heterocycles. The Labute approximate surface area is 161 Å². The Morgan fingerprint density at radius 1 is 1.25 bits per heavy atom. The highest BCUT2D eigenvalue weighted by atomic mass is 16.2. The van der Waals surface area contributed by atoms with Crippen molar-refractivity contribution in [1.29, 1.82) is 0 Å². The summed E-state index contributed by atoms with van der Waals surface area (Å²) >= 11 is 0. The van der Waals surface area contributed by atoms with Crippen LogP contribution in [-0.4, -0.2) is 38.9 Å². The van der Waals surface area contributed by atoms with Gasteiger partial charge in [-0.25, -0.2) is 15.0 Å². The number of amides is 1. The van der Waals surface area contributed by atoms with Crippen LogP contribution in [0.3, 0.4) is 0 Å². The highest BCUT2D eigenvalue weighted by Crippen LogP contribution is 2.27. The lowest BCUT2D eigenvalue weighted by Crippen LogP contribution is -2.49. The van der Waals surface area contributed by atoms with Gasteiger partial charge in [-0.1, -0.05) is 18.2 Å². The molecule has 28 heavy (non-hydrogen) atoms. The number of aromatic amines is 1. The predicted molar refractivity (Wildman–Crippen MR) is 104 cm³/mol. The summed E-state index contributed by atoms with van der Waals surface area (Å²) in [4.78, 5) is 40.9. The van der Waals surface area contributed by atoms with E-state index in [2.05, 4.69) is 30.6 Å². The van der Waals surface area contributed by atoms with Gasteiger partial charge in [-0.15, -0.1) is 0 Å². The fourth-order valence-corrected chi connectivity index (χ4v) is 3.41. The van der Waals surface area contributed by atoms with E-state index < -0.39 is 5.54 Å². The molecule has 1 atom stereocenters. The molecule has 8 nitrogen and oxygen atoms in total. The number of aromatic nitrogens is 4. The molecular formula is C20H20N6O2. The van der Waals surface area contributed by atoms with Crippen molar-refractivity contribution in [2.75, 3.05) is 13.1 Å². The lowest BCUT2D eigenvalue weighted by Gasteiger charge is -2.29. The number of nitrogens with one attached hydrogen (secondary N) is 3. The first-order chi connectivity index (χ1) is 13.6. The van der Waals surface area contributed by atoms with Gasteiger partial charge >= 0.3 is 0 Å². The topological polar surface area (TPSA) is 113 Å². The number of hydrogen-bond donors (Lipinski definition) is 3. The molecule has 1 aromatic carbocycles. The van der Waals surface area contributed by atoms with Crippen LogP contribution in [0.4, 0.5) is 0 Å². The second-order valence-electron chi connectivity index (χ2n) is 6.86. The molecule has 0 saturated carbocycles. The predicted octanol–water partition coefficient (Wildman–Crippen LogP) is 1.15. The summed E-state index contributed by atoms with van der Waals surface area (Å²) in [5.74, 6) is 0.206. The molecule has 3 aromatic rings. The van der Waals surface area contributed by atoms with Gasteiger partial charge in [-0.3, -0.25) is 9.59 Å². The average molecular weight is 376 g/mol. The maximum atomic E-state index is 12.8. The Morgan fingerprint density at radius 2 is 2.07 bits per heavy atom. The Kier molecular flexibility index (Phi) is 4.70. The van der Waals surface area contributed by atoms with Crippen molar-refractivity contribution in [3.05, 3.63) is 76.2 Å². The minimum atomic E-state index is -0.803. The van der Waals surface area contributed by atoms with Crippen molar-refractivity contribution in [3.8, 4) is 11.4 Å². The van der Waals surface area contributed by atoms with Crippen molar-refractivity contribution >= 4 is 5.91 Å². The zero-order chi connectivity index (χ0) is 19.6. The van der Waals surface area contributed by atoms with E-state index in [1.165, 1.54) is 12.4 Å². The summed E-state index contributed by atoms with van der Waals surface area (Å²) in [7, 11) is 0. The van der Waals surface area contributed by atoms with E-state index in [4.69, 9.17) is 0 Å². The van der Waals surface area contributed by atoms with Crippen molar-refractivity contribution in [2.45, 2.75) is 18.9 Å². The molecule has 8 heteroatoms. The van der Waals surface area contributed by atoms with Gasteiger partial charge in [0.15, 0.2) is 0 Å². The van der Waals surface area contributed by atoms with E-state index in [1.54, 1.807) is 18.3 Å². The fourth-order valence-electron chi connectivity index (χ4n) is 3.41. The Bertz CT molecular complexity index is 1060. The Morgan fingerprint density at radius 3 is 2.79 bits per heavy atom. The Balaban J connectivity index is 1.75. The second kappa shape index (κ2) is 7.32. The van der Waals surface area contributed by atoms with Gasteiger partial charge in [-0.05, 0) is 37.6 Å².